The lowest BCUT2D eigenvalue weighted by Crippen LogP contribution is -2.40. The monoisotopic (exact) mass is 251 g/mol. The van der Waals surface area contributed by atoms with Gasteiger partial charge in [0, 0.05) is 29.7 Å². The van der Waals surface area contributed by atoms with E-state index in [9.17, 15) is 0 Å². The third-order valence-corrected chi connectivity index (χ3v) is 3.14. The number of aromatic nitrogens is 2. The van der Waals surface area contributed by atoms with Crippen molar-refractivity contribution >= 4 is 21.4 Å². The van der Waals surface area contributed by atoms with E-state index in [4.69, 9.17) is 0 Å². The summed E-state index contributed by atoms with van der Waals surface area (Å²) in [6, 6.07) is 4.12. The lowest BCUT2D eigenvalue weighted by molar-refractivity contribution is 0.429. The zero-order valence-corrected chi connectivity index (χ0v) is 9.16. The Morgan fingerprint density at radius 2 is 2.29 bits per heavy atom. The highest BCUT2D eigenvalue weighted by atomic mass is 79.9. The molecule has 1 fully saturated rings. The van der Waals surface area contributed by atoms with Crippen molar-refractivity contribution in [2.75, 3.05) is 13.1 Å². The Kier molecular flexibility index (Phi) is 1.85. The zero-order valence-electron chi connectivity index (χ0n) is 7.57. The molecule has 1 saturated heterocycles. The first-order valence-electron chi connectivity index (χ1n) is 4.68. The van der Waals surface area contributed by atoms with Crippen LogP contribution in [-0.2, 0) is 0 Å². The van der Waals surface area contributed by atoms with E-state index in [-0.39, 0.29) is 0 Å². The maximum Gasteiger partial charge on any atom is 0.118 e. The summed E-state index contributed by atoms with van der Waals surface area (Å²) in [5.74, 6) is 1.74. The molecule has 3 heterocycles. The molecule has 1 N–H and O–H groups in total. The fourth-order valence-electron chi connectivity index (χ4n) is 1.76. The summed E-state index contributed by atoms with van der Waals surface area (Å²) >= 11 is 3.48. The number of fused-ring (bicyclic) bond motifs is 1. The van der Waals surface area contributed by atoms with Gasteiger partial charge in [-0.25, -0.2) is 4.98 Å². The lowest BCUT2D eigenvalue weighted by Gasteiger charge is -2.25. The van der Waals surface area contributed by atoms with Gasteiger partial charge in [-0.3, -0.25) is 0 Å². The normalized spacial score (nSPS) is 17.2. The van der Waals surface area contributed by atoms with Crippen LogP contribution in [0.15, 0.2) is 29.0 Å². The fourth-order valence-corrected chi connectivity index (χ4v) is 2.09. The molecule has 0 unspecified atom stereocenters. The van der Waals surface area contributed by atoms with Crippen LogP contribution < -0.4 is 5.32 Å². The van der Waals surface area contributed by atoms with Gasteiger partial charge in [0.05, 0.1) is 11.7 Å². The molecular weight excluding hydrogens is 242 g/mol. The molecule has 2 aromatic heterocycles. The van der Waals surface area contributed by atoms with Gasteiger partial charge in [0.1, 0.15) is 5.82 Å². The van der Waals surface area contributed by atoms with E-state index in [0.29, 0.717) is 5.92 Å². The minimum atomic E-state index is 0.576. The number of imidazole rings is 1. The Morgan fingerprint density at radius 1 is 1.43 bits per heavy atom. The molecule has 14 heavy (non-hydrogen) atoms. The van der Waals surface area contributed by atoms with E-state index >= 15 is 0 Å². The minimum Gasteiger partial charge on any atom is -0.315 e. The fraction of sp³-hybridized carbons (Fsp3) is 0.300. The average Bonchev–Trinajstić information content (AvgIpc) is 2.46. The van der Waals surface area contributed by atoms with E-state index in [1.807, 2.05) is 12.3 Å². The van der Waals surface area contributed by atoms with Crippen molar-refractivity contribution in [3.05, 3.63) is 34.8 Å². The first kappa shape index (κ1) is 8.44. The number of hydrogen-bond acceptors (Lipinski definition) is 2. The molecular formula is C10H10BrN3. The van der Waals surface area contributed by atoms with E-state index in [1.54, 1.807) is 0 Å². The van der Waals surface area contributed by atoms with Crippen molar-refractivity contribution in [2.24, 2.45) is 0 Å². The van der Waals surface area contributed by atoms with Crippen molar-refractivity contribution in [1.82, 2.24) is 14.7 Å². The molecule has 3 nitrogen and oxygen atoms in total. The van der Waals surface area contributed by atoms with Gasteiger partial charge in [-0.05, 0) is 28.1 Å². The summed E-state index contributed by atoms with van der Waals surface area (Å²) < 4.78 is 3.26. The molecule has 0 saturated carbocycles. The molecule has 72 valence electrons. The van der Waals surface area contributed by atoms with Crippen molar-refractivity contribution in [2.45, 2.75) is 5.92 Å². The largest absolute Gasteiger partial charge is 0.315 e. The maximum atomic E-state index is 4.46. The molecule has 1 aliphatic rings. The summed E-state index contributed by atoms with van der Waals surface area (Å²) in [5.41, 5.74) is 1.16. The van der Waals surface area contributed by atoms with Gasteiger partial charge >= 0.3 is 0 Å². The number of rotatable bonds is 1. The Balaban J connectivity index is 2.18. The Labute approximate surface area is 90.3 Å². The second kappa shape index (κ2) is 3.07. The Bertz CT molecular complexity index is 473. The molecule has 3 rings (SSSR count). The second-order valence-corrected chi connectivity index (χ2v) is 4.53. The number of pyridine rings is 1. The Hall–Kier alpha value is -0.870. The summed E-state index contributed by atoms with van der Waals surface area (Å²) in [7, 11) is 0. The van der Waals surface area contributed by atoms with E-state index in [1.165, 1.54) is 5.82 Å². The third kappa shape index (κ3) is 1.18. The van der Waals surface area contributed by atoms with Gasteiger partial charge < -0.3 is 9.72 Å². The molecule has 0 aromatic carbocycles. The zero-order chi connectivity index (χ0) is 9.54. The number of halogens is 1. The molecule has 0 bridgehead atoms. The highest BCUT2D eigenvalue weighted by molar-refractivity contribution is 9.10. The van der Waals surface area contributed by atoms with E-state index in [2.05, 4.69) is 42.9 Å². The smallest absolute Gasteiger partial charge is 0.118 e. The van der Waals surface area contributed by atoms with Crippen LogP contribution in [-0.4, -0.2) is 22.5 Å². The van der Waals surface area contributed by atoms with Gasteiger partial charge in [-0.15, -0.1) is 0 Å². The van der Waals surface area contributed by atoms with Gasteiger partial charge in [-0.1, -0.05) is 0 Å². The summed E-state index contributed by atoms with van der Waals surface area (Å²) in [4.78, 5) is 4.46. The van der Waals surface area contributed by atoms with Crippen LogP contribution in [0, 0.1) is 0 Å². The molecule has 0 atom stereocenters. The quantitative estimate of drug-likeness (QED) is 0.838. The molecule has 0 radical (unpaired) electrons. The maximum absolute atomic E-state index is 4.46. The number of nitrogens with zero attached hydrogens (tertiary/aromatic N) is 2. The van der Waals surface area contributed by atoms with Gasteiger partial charge in [0.2, 0.25) is 0 Å². The minimum absolute atomic E-state index is 0.576. The topological polar surface area (TPSA) is 29.3 Å². The van der Waals surface area contributed by atoms with Crippen molar-refractivity contribution in [1.29, 1.82) is 0 Å². The standard InChI is InChI=1S/C10H10BrN3/c11-8-1-2-9-5-13-10(14(9)6-8)7-3-12-4-7/h1-2,5-7,12H,3-4H2. The molecule has 2 aromatic rings. The van der Waals surface area contributed by atoms with E-state index in [0.717, 1.165) is 23.1 Å². The second-order valence-electron chi connectivity index (χ2n) is 3.61. The van der Waals surface area contributed by atoms with Gasteiger partial charge in [0.15, 0.2) is 0 Å². The lowest BCUT2D eigenvalue weighted by atomic mass is 10.0. The van der Waals surface area contributed by atoms with Crippen LogP contribution in [0.25, 0.3) is 5.52 Å². The van der Waals surface area contributed by atoms with Gasteiger partial charge in [0.25, 0.3) is 0 Å². The third-order valence-electron chi connectivity index (χ3n) is 2.67. The predicted molar refractivity (Wildman–Crippen MR) is 58.5 cm³/mol. The van der Waals surface area contributed by atoms with Gasteiger partial charge in [-0.2, -0.15) is 0 Å². The number of hydrogen-bond donors (Lipinski definition) is 1. The van der Waals surface area contributed by atoms with Crippen LogP contribution in [0.1, 0.15) is 11.7 Å². The molecule has 4 heteroatoms. The van der Waals surface area contributed by atoms with Crippen LogP contribution in [0.3, 0.4) is 0 Å². The Morgan fingerprint density at radius 3 is 3.00 bits per heavy atom. The first-order chi connectivity index (χ1) is 6.84. The van der Waals surface area contributed by atoms with Crippen LogP contribution in [0.4, 0.5) is 0 Å². The molecule has 0 amide bonds. The van der Waals surface area contributed by atoms with E-state index < -0.39 is 0 Å². The molecule has 0 spiro atoms. The molecule has 1 aliphatic heterocycles. The average molecular weight is 252 g/mol. The van der Waals surface area contributed by atoms with Crippen LogP contribution in [0.2, 0.25) is 0 Å². The number of nitrogens with one attached hydrogen (secondary N) is 1. The highest BCUT2D eigenvalue weighted by Gasteiger charge is 2.22. The van der Waals surface area contributed by atoms with Crippen molar-refractivity contribution < 1.29 is 0 Å². The van der Waals surface area contributed by atoms with Crippen molar-refractivity contribution in [3.63, 3.8) is 0 Å². The predicted octanol–water partition coefficient (Wildman–Crippen LogP) is 1.78. The summed E-state index contributed by atoms with van der Waals surface area (Å²) in [5, 5.41) is 3.26. The summed E-state index contributed by atoms with van der Waals surface area (Å²) in [6.07, 6.45) is 4.01. The van der Waals surface area contributed by atoms with Crippen molar-refractivity contribution in [3.8, 4) is 0 Å². The summed E-state index contributed by atoms with van der Waals surface area (Å²) in [6.45, 7) is 2.09. The molecule has 0 aliphatic carbocycles. The van der Waals surface area contributed by atoms with Crippen LogP contribution in [0.5, 0.6) is 0 Å². The van der Waals surface area contributed by atoms with Crippen LogP contribution >= 0.6 is 15.9 Å². The highest BCUT2D eigenvalue weighted by Crippen LogP contribution is 2.21. The SMILES string of the molecule is Brc1ccc2cnc(C3CNC3)n2c1. The first-order valence-corrected chi connectivity index (χ1v) is 5.47.